The Balaban J connectivity index is 1.95. The van der Waals surface area contributed by atoms with Crippen molar-refractivity contribution in [1.29, 1.82) is 0 Å². The molecule has 3 rings (SSSR count). The number of benzene rings is 1. The third kappa shape index (κ3) is 2.78. The first kappa shape index (κ1) is 13.7. The molecule has 0 saturated carbocycles. The maximum atomic E-state index is 4.67. The molecule has 0 amide bonds. The Morgan fingerprint density at radius 2 is 2.10 bits per heavy atom. The molecule has 2 heterocycles. The SMILES string of the molecule is CCNC(Cc1nn(C)c2ccccc12)c1ccncn1. The van der Waals surface area contributed by atoms with Gasteiger partial charge in [-0.3, -0.25) is 4.68 Å². The molecule has 5 nitrogen and oxygen atoms in total. The topological polar surface area (TPSA) is 55.6 Å². The number of aromatic nitrogens is 4. The molecule has 0 bridgehead atoms. The van der Waals surface area contributed by atoms with Crippen LogP contribution in [0.4, 0.5) is 0 Å². The van der Waals surface area contributed by atoms with E-state index in [4.69, 9.17) is 0 Å². The lowest BCUT2D eigenvalue weighted by Gasteiger charge is -2.16. The molecule has 1 atom stereocenters. The second-order valence-corrected chi connectivity index (χ2v) is 5.04. The summed E-state index contributed by atoms with van der Waals surface area (Å²) in [5, 5.41) is 9.36. The quantitative estimate of drug-likeness (QED) is 0.779. The van der Waals surface area contributed by atoms with Crippen LogP contribution in [0.15, 0.2) is 42.9 Å². The van der Waals surface area contributed by atoms with Crippen LogP contribution >= 0.6 is 0 Å². The molecule has 108 valence electrons. The van der Waals surface area contributed by atoms with Gasteiger partial charge in [-0.2, -0.15) is 5.10 Å². The van der Waals surface area contributed by atoms with Gasteiger partial charge in [0.05, 0.1) is 22.9 Å². The zero-order chi connectivity index (χ0) is 14.7. The van der Waals surface area contributed by atoms with Crippen LogP contribution in [0, 0.1) is 0 Å². The Morgan fingerprint density at radius 1 is 1.24 bits per heavy atom. The standard InChI is InChI=1S/C16H19N5/c1-3-18-15(13-8-9-17-11-19-13)10-14-12-6-4-5-7-16(12)21(2)20-14/h4-9,11,15,18H,3,10H2,1-2H3. The Bertz CT molecular complexity index is 720. The van der Waals surface area contributed by atoms with E-state index in [1.807, 2.05) is 23.9 Å². The van der Waals surface area contributed by atoms with Gasteiger partial charge in [-0.1, -0.05) is 25.1 Å². The number of hydrogen-bond acceptors (Lipinski definition) is 4. The molecule has 0 aliphatic heterocycles. The Hall–Kier alpha value is -2.27. The summed E-state index contributed by atoms with van der Waals surface area (Å²) in [6.45, 7) is 2.99. The van der Waals surface area contributed by atoms with Crippen molar-refractivity contribution in [3.8, 4) is 0 Å². The summed E-state index contributed by atoms with van der Waals surface area (Å²) >= 11 is 0. The van der Waals surface area contributed by atoms with Gasteiger partial charge in [0.1, 0.15) is 6.33 Å². The first-order chi connectivity index (χ1) is 10.3. The minimum Gasteiger partial charge on any atom is -0.309 e. The number of para-hydroxylation sites is 1. The Kier molecular flexibility index (Phi) is 3.92. The van der Waals surface area contributed by atoms with E-state index in [1.165, 1.54) is 5.39 Å². The zero-order valence-corrected chi connectivity index (χ0v) is 12.3. The van der Waals surface area contributed by atoms with Gasteiger partial charge in [0.25, 0.3) is 0 Å². The van der Waals surface area contributed by atoms with E-state index in [0.29, 0.717) is 0 Å². The molecule has 0 saturated heterocycles. The number of aryl methyl sites for hydroxylation is 1. The first-order valence-corrected chi connectivity index (χ1v) is 7.19. The second kappa shape index (κ2) is 6.01. The summed E-state index contributed by atoms with van der Waals surface area (Å²) in [4.78, 5) is 8.36. The van der Waals surface area contributed by atoms with Crippen LogP contribution in [-0.4, -0.2) is 26.3 Å². The predicted molar refractivity (Wildman–Crippen MR) is 82.9 cm³/mol. The third-order valence-electron chi connectivity index (χ3n) is 3.64. The number of fused-ring (bicyclic) bond motifs is 1. The molecular weight excluding hydrogens is 262 g/mol. The average Bonchev–Trinajstić information content (AvgIpc) is 2.85. The van der Waals surface area contributed by atoms with Crippen molar-refractivity contribution in [1.82, 2.24) is 25.1 Å². The normalized spacial score (nSPS) is 12.7. The molecule has 5 heteroatoms. The van der Waals surface area contributed by atoms with E-state index in [1.54, 1.807) is 12.5 Å². The molecule has 1 unspecified atom stereocenters. The predicted octanol–water partition coefficient (Wildman–Crippen LogP) is 2.26. The van der Waals surface area contributed by atoms with E-state index in [-0.39, 0.29) is 6.04 Å². The van der Waals surface area contributed by atoms with Crippen LogP contribution in [0.2, 0.25) is 0 Å². The number of likely N-dealkylation sites (N-methyl/N-ethyl adjacent to an activating group) is 1. The van der Waals surface area contributed by atoms with Crippen LogP contribution in [0.25, 0.3) is 10.9 Å². The van der Waals surface area contributed by atoms with Crippen LogP contribution in [-0.2, 0) is 13.5 Å². The number of nitrogens with zero attached hydrogens (tertiary/aromatic N) is 4. The van der Waals surface area contributed by atoms with Crippen molar-refractivity contribution in [3.05, 3.63) is 54.2 Å². The van der Waals surface area contributed by atoms with Gasteiger partial charge >= 0.3 is 0 Å². The van der Waals surface area contributed by atoms with E-state index >= 15 is 0 Å². The summed E-state index contributed by atoms with van der Waals surface area (Å²) < 4.78 is 1.94. The number of rotatable bonds is 5. The minimum atomic E-state index is 0.149. The first-order valence-electron chi connectivity index (χ1n) is 7.19. The molecule has 21 heavy (non-hydrogen) atoms. The maximum absolute atomic E-state index is 4.67. The molecule has 0 radical (unpaired) electrons. The van der Waals surface area contributed by atoms with Crippen molar-refractivity contribution in [2.75, 3.05) is 6.54 Å². The highest BCUT2D eigenvalue weighted by atomic mass is 15.3. The van der Waals surface area contributed by atoms with Crippen LogP contribution < -0.4 is 5.32 Å². The summed E-state index contributed by atoms with van der Waals surface area (Å²) in [6, 6.07) is 10.4. The van der Waals surface area contributed by atoms with Crippen molar-refractivity contribution in [2.45, 2.75) is 19.4 Å². The smallest absolute Gasteiger partial charge is 0.115 e. The maximum Gasteiger partial charge on any atom is 0.115 e. The molecule has 3 aromatic rings. The highest BCUT2D eigenvalue weighted by Crippen LogP contribution is 2.22. The molecule has 2 aromatic heterocycles. The third-order valence-corrected chi connectivity index (χ3v) is 3.64. The average molecular weight is 281 g/mol. The second-order valence-electron chi connectivity index (χ2n) is 5.04. The Morgan fingerprint density at radius 3 is 2.86 bits per heavy atom. The van der Waals surface area contributed by atoms with Crippen molar-refractivity contribution in [3.63, 3.8) is 0 Å². The Labute approximate surface area is 124 Å². The van der Waals surface area contributed by atoms with Crippen molar-refractivity contribution >= 4 is 10.9 Å². The fourth-order valence-electron chi connectivity index (χ4n) is 2.67. The van der Waals surface area contributed by atoms with Gasteiger partial charge in [0, 0.05) is 25.1 Å². The summed E-state index contributed by atoms with van der Waals surface area (Å²) in [6.07, 6.45) is 4.19. The highest BCUT2D eigenvalue weighted by Gasteiger charge is 2.16. The lowest BCUT2D eigenvalue weighted by molar-refractivity contribution is 0.528. The van der Waals surface area contributed by atoms with Crippen molar-refractivity contribution in [2.24, 2.45) is 7.05 Å². The summed E-state index contributed by atoms with van der Waals surface area (Å²) in [5.74, 6) is 0. The fraction of sp³-hybridized carbons (Fsp3) is 0.312. The van der Waals surface area contributed by atoms with Gasteiger partial charge in [-0.15, -0.1) is 0 Å². The van der Waals surface area contributed by atoms with Gasteiger partial charge in [-0.25, -0.2) is 9.97 Å². The van der Waals surface area contributed by atoms with Crippen LogP contribution in [0.5, 0.6) is 0 Å². The monoisotopic (exact) mass is 281 g/mol. The van der Waals surface area contributed by atoms with Crippen LogP contribution in [0.3, 0.4) is 0 Å². The fourth-order valence-corrected chi connectivity index (χ4v) is 2.67. The van der Waals surface area contributed by atoms with Gasteiger partial charge in [0.2, 0.25) is 0 Å². The van der Waals surface area contributed by atoms with Gasteiger partial charge in [-0.05, 0) is 18.7 Å². The van der Waals surface area contributed by atoms with Crippen LogP contribution in [0.1, 0.15) is 24.4 Å². The number of nitrogens with one attached hydrogen (secondary N) is 1. The number of hydrogen-bond donors (Lipinski definition) is 1. The van der Waals surface area contributed by atoms with Gasteiger partial charge < -0.3 is 5.32 Å². The zero-order valence-electron chi connectivity index (χ0n) is 12.3. The van der Waals surface area contributed by atoms with E-state index in [0.717, 1.165) is 29.9 Å². The molecule has 0 aliphatic carbocycles. The summed E-state index contributed by atoms with van der Waals surface area (Å²) in [5.41, 5.74) is 3.25. The lowest BCUT2D eigenvalue weighted by Crippen LogP contribution is -2.24. The van der Waals surface area contributed by atoms with E-state index < -0.39 is 0 Å². The molecule has 1 N–H and O–H groups in total. The molecular formula is C16H19N5. The minimum absolute atomic E-state index is 0.149. The largest absolute Gasteiger partial charge is 0.309 e. The lowest BCUT2D eigenvalue weighted by atomic mass is 10.0. The summed E-state index contributed by atoms with van der Waals surface area (Å²) in [7, 11) is 1.98. The molecule has 0 fully saturated rings. The van der Waals surface area contributed by atoms with Crippen molar-refractivity contribution < 1.29 is 0 Å². The van der Waals surface area contributed by atoms with E-state index in [2.05, 4.69) is 45.5 Å². The van der Waals surface area contributed by atoms with Gasteiger partial charge in [0.15, 0.2) is 0 Å². The molecule has 0 spiro atoms. The molecule has 0 aliphatic rings. The van der Waals surface area contributed by atoms with E-state index in [9.17, 15) is 0 Å². The highest BCUT2D eigenvalue weighted by molar-refractivity contribution is 5.81. The molecule has 1 aromatic carbocycles.